The Morgan fingerprint density at radius 1 is 1.00 bits per heavy atom. The van der Waals surface area contributed by atoms with Gasteiger partial charge in [-0.05, 0) is 48.5 Å². The molecule has 0 saturated carbocycles. The molecule has 0 fully saturated rings. The van der Waals surface area contributed by atoms with E-state index in [0.717, 1.165) is 11.3 Å². The average Bonchev–Trinajstić information content (AvgIpc) is 3.21. The Morgan fingerprint density at radius 3 is 2.52 bits per heavy atom. The number of rotatable bonds is 4. The molecule has 1 aromatic heterocycles. The molecule has 2 heterocycles. The van der Waals surface area contributed by atoms with Gasteiger partial charge in [-0.2, -0.15) is 0 Å². The van der Waals surface area contributed by atoms with Crippen molar-refractivity contribution >= 4 is 11.9 Å². The van der Waals surface area contributed by atoms with E-state index in [1.165, 1.54) is 0 Å². The van der Waals surface area contributed by atoms with Gasteiger partial charge in [0, 0.05) is 16.7 Å². The maximum Gasteiger partial charge on any atom is 0.193 e. The van der Waals surface area contributed by atoms with Crippen LogP contribution in [-0.4, -0.2) is 12.9 Å². The number of hydrogen-bond donors (Lipinski definition) is 0. The summed E-state index contributed by atoms with van der Waals surface area (Å²) in [5, 5.41) is 0. The summed E-state index contributed by atoms with van der Waals surface area (Å²) in [4.78, 5) is 13.1. The highest BCUT2D eigenvalue weighted by Gasteiger charge is 2.31. The molecule has 4 nitrogen and oxygen atoms in total. The second kappa shape index (κ2) is 6.32. The zero-order chi connectivity index (χ0) is 17.2. The third-order valence-corrected chi connectivity index (χ3v) is 4.17. The van der Waals surface area contributed by atoms with Crippen LogP contribution in [0.1, 0.15) is 27.8 Å². The molecule has 4 heteroatoms. The number of methoxy groups -OCH3 is 1. The second-order valence-electron chi connectivity index (χ2n) is 5.71. The number of Topliss-reactive ketones (excluding diaryl/α,β-unsaturated/α-hetero) is 1. The van der Waals surface area contributed by atoms with Gasteiger partial charge >= 0.3 is 0 Å². The summed E-state index contributed by atoms with van der Waals surface area (Å²) in [5.74, 6) is 1.94. The molecule has 2 aromatic carbocycles. The van der Waals surface area contributed by atoms with Crippen molar-refractivity contribution in [2.24, 2.45) is 0 Å². The van der Waals surface area contributed by atoms with Crippen molar-refractivity contribution in [3.05, 3.63) is 89.4 Å². The molecule has 0 saturated heterocycles. The summed E-state index contributed by atoms with van der Waals surface area (Å²) in [5.41, 5.74) is 1.99. The van der Waals surface area contributed by atoms with Gasteiger partial charge in [-0.3, -0.25) is 4.79 Å². The lowest BCUT2D eigenvalue weighted by Gasteiger charge is -2.25. The molecule has 1 atom stereocenters. The minimum Gasteiger partial charge on any atom is -0.497 e. The number of carbonyl (C=O) groups excluding carboxylic acids is 1. The minimum atomic E-state index is -0.570. The third kappa shape index (κ3) is 2.83. The number of benzene rings is 2. The predicted molar refractivity (Wildman–Crippen MR) is 93.8 cm³/mol. The summed E-state index contributed by atoms with van der Waals surface area (Å²) in [6, 6.07) is 18.3. The van der Waals surface area contributed by atoms with E-state index >= 15 is 0 Å². The zero-order valence-corrected chi connectivity index (χ0v) is 13.6. The van der Waals surface area contributed by atoms with E-state index in [1.807, 2.05) is 36.4 Å². The number of ether oxygens (including phenoxy) is 2. The number of carbonyl (C=O) groups is 1. The molecule has 3 aromatic rings. The molecule has 0 spiro atoms. The fourth-order valence-corrected chi connectivity index (χ4v) is 2.89. The molecule has 1 unspecified atom stereocenters. The molecule has 4 rings (SSSR count). The quantitative estimate of drug-likeness (QED) is 0.650. The number of para-hydroxylation sites is 1. The van der Waals surface area contributed by atoms with Gasteiger partial charge in [0.2, 0.25) is 0 Å². The van der Waals surface area contributed by atoms with E-state index in [4.69, 9.17) is 13.9 Å². The Kier molecular flexibility index (Phi) is 3.86. The lowest BCUT2D eigenvalue weighted by molar-refractivity contribution is 0.0986. The molecule has 124 valence electrons. The molecule has 0 bridgehead atoms. The molecule has 1 aliphatic rings. The van der Waals surface area contributed by atoms with Gasteiger partial charge in [-0.25, -0.2) is 0 Å². The maximum atomic E-state index is 13.1. The zero-order valence-electron chi connectivity index (χ0n) is 13.6. The van der Waals surface area contributed by atoms with Crippen LogP contribution in [0.25, 0.3) is 6.08 Å². The summed E-state index contributed by atoms with van der Waals surface area (Å²) in [7, 11) is 1.60. The Hall–Kier alpha value is -3.27. The van der Waals surface area contributed by atoms with Gasteiger partial charge in [0.15, 0.2) is 11.9 Å². The van der Waals surface area contributed by atoms with Crippen molar-refractivity contribution in [3.8, 4) is 11.5 Å². The van der Waals surface area contributed by atoms with Gasteiger partial charge in [0.25, 0.3) is 0 Å². The van der Waals surface area contributed by atoms with Crippen LogP contribution in [0.15, 0.2) is 76.9 Å². The van der Waals surface area contributed by atoms with E-state index in [0.29, 0.717) is 22.6 Å². The summed E-state index contributed by atoms with van der Waals surface area (Å²) in [6.07, 6.45) is 2.88. The first-order valence-corrected chi connectivity index (χ1v) is 7.95. The van der Waals surface area contributed by atoms with Crippen LogP contribution in [0.4, 0.5) is 0 Å². The molecule has 0 radical (unpaired) electrons. The lowest BCUT2D eigenvalue weighted by Crippen LogP contribution is -2.20. The van der Waals surface area contributed by atoms with E-state index < -0.39 is 6.10 Å². The number of fused-ring (bicyclic) bond motifs is 1. The molecule has 0 N–H and O–H groups in total. The highest BCUT2D eigenvalue weighted by atomic mass is 16.5. The molecular weight excluding hydrogens is 316 g/mol. The van der Waals surface area contributed by atoms with Crippen molar-refractivity contribution in [2.45, 2.75) is 6.10 Å². The van der Waals surface area contributed by atoms with Crippen LogP contribution in [-0.2, 0) is 0 Å². The average molecular weight is 332 g/mol. The third-order valence-electron chi connectivity index (χ3n) is 4.17. The van der Waals surface area contributed by atoms with Crippen molar-refractivity contribution in [1.82, 2.24) is 0 Å². The first-order valence-electron chi connectivity index (χ1n) is 7.95. The Balaban J connectivity index is 1.77. The highest BCUT2D eigenvalue weighted by Crippen LogP contribution is 2.38. The van der Waals surface area contributed by atoms with Gasteiger partial charge in [-0.1, -0.05) is 18.2 Å². The standard InChI is InChI=1S/C21H16O4/c1-23-16-10-8-14(9-11-16)20(22)17-13-15-5-2-3-6-18(15)25-21(17)19-7-4-12-24-19/h2-13,21H,1H3. The SMILES string of the molecule is COc1ccc(C(=O)C2=Cc3ccccc3OC2c2ccco2)cc1. The van der Waals surface area contributed by atoms with Crippen LogP contribution in [0.5, 0.6) is 11.5 Å². The monoisotopic (exact) mass is 332 g/mol. The van der Waals surface area contributed by atoms with Crippen LogP contribution in [0.2, 0.25) is 0 Å². The Bertz CT molecular complexity index is 921. The van der Waals surface area contributed by atoms with E-state index in [1.54, 1.807) is 43.7 Å². The Labute approximate surface area is 145 Å². The van der Waals surface area contributed by atoms with E-state index in [9.17, 15) is 4.79 Å². The number of furan rings is 1. The summed E-state index contributed by atoms with van der Waals surface area (Å²) < 4.78 is 16.7. The number of ketones is 1. The molecule has 0 amide bonds. The molecule has 0 aliphatic carbocycles. The van der Waals surface area contributed by atoms with Gasteiger partial charge in [-0.15, -0.1) is 0 Å². The van der Waals surface area contributed by atoms with Crippen molar-refractivity contribution in [1.29, 1.82) is 0 Å². The normalized spacial score (nSPS) is 15.7. The topological polar surface area (TPSA) is 48.7 Å². The minimum absolute atomic E-state index is 0.0986. The Morgan fingerprint density at radius 2 is 1.80 bits per heavy atom. The molecule has 1 aliphatic heterocycles. The van der Waals surface area contributed by atoms with E-state index in [-0.39, 0.29) is 5.78 Å². The smallest absolute Gasteiger partial charge is 0.193 e. The fraction of sp³-hybridized carbons (Fsp3) is 0.0952. The molecule has 25 heavy (non-hydrogen) atoms. The number of hydrogen-bond acceptors (Lipinski definition) is 4. The van der Waals surface area contributed by atoms with Crippen LogP contribution >= 0.6 is 0 Å². The largest absolute Gasteiger partial charge is 0.497 e. The van der Waals surface area contributed by atoms with Crippen molar-refractivity contribution in [3.63, 3.8) is 0 Å². The summed E-state index contributed by atoms with van der Waals surface area (Å²) >= 11 is 0. The van der Waals surface area contributed by atoms with Crippen molar-refractivity contribution in [2.75, 3.05) is 7.11 Å². The fourth-order valence-electron chi connectivity index (χ4n) is 2.89. The van der Waals surface area contributed by atoms with Crippen LogP contribution in [0, 0.1) is 0 Å². The summed E-state index contributed by atoms with van der Waals surface area (Å²) in [6.45, 7) is 0. The van der Waals surface area contributed by atoms with Crippen LogP contribution in [0.3, 0.4) is 0 Å². The highest BCUT2D eigenvalue weighted by molar-refractivity contribution is 6.12. The van der Waals surface area contributed by atoms with Crippen LogP contribution < -0.4 is 9.47 Å². The van der Waals surface area contributed by atoms with E-state index in [2.05, 4.69) is 0 Å². The van der Waals surface area contributed by atoms with Gasteiger partial charge in [0.05, 0.1) is 13.4 Å². The lowest BCUT2D eigenvalue weighted by atomic mass is 9.93. The second-order valence-corrected chi connectivity index (χ2v) is 5.71. The first-order chi connectivity index (χ1) is 12.3. The first kappa shape index (κ1) is 15.3. The maximum absolute atomic E-state index is 13.1. The molecular formula is C21H16O4. The van der Waals surface area contributed by atoms with Gasteiger partial charge < -0.3 is 13.9 Å². The predicted octanol–water partition coefficient (Wildman–Crippen LogP) is 4.69. The van der Waals surface area contributed by atoms with Crippen molar-refractivity contribution < 1.29 is 18.7 Å². The van der Waals surface area contributed by atoms with Gasteiger partial charge in [0.1, 0.15) is 17.3 Å².